The molecule has 9 heteroatoms. The predicted octanol–water partition coefficient (Wildman–Crippen LogP) is 5.80. The lowest BCUT2D eigenvalue weighted by Crippen LogP contribution is -2.40. The highest BCUT2D eigenvalue weighted by Crippen LogP contribution is 2.32. The molecule has 1 aliphatic carbocycles. The molecule has 1 aliphatic heterocycles. The van der Waals surface area contributed by atoms with Gasteiger partial charge in [0.2, 0.25) is 0 Å². The van der Waals surface area contributed by atoms with E-state index in [1.165, 1.54) is 12.8 Å². The number of nitrogens with zero attached hydrogens (tertiary/aromatic N) is 4. The van der Waals surface area contributed by atoms with Crippen LogP contribution in [0.25, 0.3) is 0 Å². The van der Waals surface area contributed by atoms with Crippen molar-refractivity contribution in [1.29, 1.82) is 5.26 Å². The Morgan fingerprint density at radius 3 is 2.54 bits per heavy atom. The first-order valence-corrected chi connectivity index (χ1v) is 14.5. The van der Waals surface area contributed by atoms with E-state index in [4.69, 9.17) is 21.6 Å². The standard InChI is InChI=1S/C30H38ClN5O3/c1-21-27(13-7-23(20-32)29(21)31)39-25-10-8-24(9-11-25)33-30(38)26-12-14-28(35-34-26)36-17-15-22(16-18-36)6-4-2-3-5-19-37/h7,12-14,19,22,24-25H,2-6,8-11,15-18H2,1H3,(H,33,38). The summed E-state index contributed by atoms with van der Waals surface area (Å²) in [5.41, 5.74) is 1.56. The Bertz CT molecular complexity index is 1150. The number of nitrogens with one attached hydrogen (secondary N) is 1. The highest BCUT2D eigenvalue weighted by molar-refractivity contribution is 6.32. The van der Waals surface area contributed by atoms with Crippen LogP contribution in [0.3, 0.4) is 0 Å². The molecule has 208 valence electrons. The molecule has 39 heavy (non-hydrogen) atoms. The number of ether oxygens (including phenoxy) is 1. The summed E-state index contributed by atoms with van der Waals surface area (Å²) in [4.78, 5) is 25.5. The Morgan fingerprint density at radius 2 is 1.87 bits per heavy atom. The molecule has 1 aromatic heterocycles. The highest BCUT2D eigenvalue weighted by Gasteiger charge is 2.26. The topological polar surface area (TPSA) is 108 Å². The van der Waals surface area contributed by atoms with E-state index in [1.54, 1.807) is 18.2 Å². The summed E-state index contributed by atoms with van der Waals surface area (Å²) >= 11 is 6.27. The normalized spacial score (nSPS) is 19.8. The van der Waals surface area contributed by atoms with Crippen LogP contribution >= 0.6 is 11.6 Å². The Balaban J connectivity index is 1.18. The van der Waals surface area contributed by atoms with Crippen molar-refractivity contribution in [2.24, 2.45) is 5.92 Å². The lowest BCUT2D eigenvalue weighted by Gasteiger charge is -2.32. The maximum absolute atomic E-state index is 12.8. The highest BCUT2D eigenvalue weighted by atomic mass is 35.5. The van der Waals surface area contributed by atoms with Crippen LogP contribution in [0.5, 0.6) is 5.75 Å². The Kier molecular flexibility index (Phi) is 10.5. The second-order valence-electron chi connectivity index (χ2n) is 10.7. The lowest BCUT2D eigenvalue weighted by molar-refractivity contribution is -0.107. The molecule has 1 amide bonds. The molecule has 2 heterocycles. The summed E-state index contributed by atoms with van der Waals surface area (Å²) in [6.07, 6.45) is 11.9. The minimum atomic E-state index is -0.193. The number of carbonyl (C=O) groups is 2. The molecule has 0 unspecified atom stereocenters. The minimum Gasteiger partial charge on any atom is -0.490 e. The monoisotopic (exact) mass is 551 g/mol. The molecular weight excluding hydrogens is 514 g/mol. The van der Waals surface area contributed by atoms with Crippen LogP contribution in [0.15, 0.2) is 24.3 Å². The second kappa shape index (κ2) is 14.3. The number of carbonyl (C=O) groups excluding carboxylic acids is 2. The van der Waals surface area contributed by atoms with Crippen molar-refractivity contribution in [3.63, 3.8) is 0 Å². The zero-order valence-corrected chi connectivity index (χ0v) is 23.5. The molecule has 2 fully saturated rings. The summed E-state index contributed by atoms with van der Waals surface area (Å²) < 4.78 is 6.17. The van der Waals surface area contributed by atoms with Gasteiger partial charge in [-0.1, -0.05) is 30.9 Å². The number of aldehydes is 1. The maximum Gasteiger partial charge on any atom is 0.272 e. The molecule has 1 saturated carbocycles. The smallest absolute Gasteiger partial charge is 0.272 e. The summed E-state index contributed by atoms with van der Waals surface area (Å²) in [6, 6.07) is 9.32. The molecule has 2 aliphatic rings. The van der Waals surface area contributed by atoms with Crippen LogP contribution in [0.1, 0.15) is 92.2 Å². The van der Waals surface area contributed by atoms with E-state index < -0.39 is 0 Å². The molecule has 1 aromatic carbocycles. The zero-order chi connectivity index (χ0) is 27.6. The first-order valence-electron chi connectivity index (χ1n) is 14.2. The van der Waals surface area contributed by atoms with Gasteiger partial charge >= 0.3 is 0 Å². The fraction of sp³-hybridized carbons (Fsp3) is 0.567. The van der Waals surface area contributed by atoms with Gasteiger partial charge in [0, 0.05) is 31.1 Å². The fourth-order valence-corrected chi connectivity index (χ4v) is 5.75. The van der Waals surface area contributed by atoms with Crippen molar-refractivity contribution in [3.05, 3.63) is 46.1 Å². The molecule has 1 saturated heterocycles. The number of benzene rings is 1. The van der Waals surface area contributed by atoms with E-state index in [0.717, 1.165) is 88.0 Å². The van der Waals surface area contributed by atoms with Crippen molar-refractivity contribution in [3.8, 4) is 11.8 Å². The lowest BCUT2D eigenvalue weighted by atomic mass is 9.91. The van der Waals surface area contributed by atoms with Crippen LogP contribution in [-0.2, 0) is 4.79 Å². The van der Waals surface area contributed by atoms with Crippen LogP contribution in [0.4, 0.5) is 5.82 Å². The quantitative estimate of drug-likeness (QED) is 0.278. The van der Waals surface area contributed by atoms with E-state index in [2.05, 4.69) is 26.5 Å². The largest absolute Gasteiger partial charge is 0.490 e. The number of halogens is 1. The third-order valence-electron chi connectivity index (χ3n) is 8.02. The van der Waals surface area contributed by atoms with Crippen molar-refractivity contribution in [1.82, 2.24) is 15.5 Å². The van der Waals surface area contributed by atoms with Gasteiger partial charge in [0.05, 0.1) is 16.7 Å². The average Bonchev–Trinajstić information content (AvgIpc) is 2.97. The van der Waals surface area contributed by atoms with Crippen molar-refractivity contribution < 1.29 is 14.3 Å². The van der Waals surface area contributed by atoms with E-state index in [9.17, 15) is 9.59 Å². The summed E-state index contributed by atoms with van der Waals surface area (Å²) in [5, 5.41) is 21.3. The van der Waals surface area contributed by atoms with Gasteiger partial charge in [-0.05, 0) is 82.1 Å². The zero-order valence-electron chi connectivity index (χ0n) is 22.7. The summed E-state index contributed by atoms with van der Waals surface area (Å²) in [7, 11) is 0. The van der Waals surface area contributed by atoms with E-state index in [1.807, 2.05) is 13.0 Å². The number of nitriles is 1. The van der Waals surface area contributed by atoms with Gasteiger partial charge in [-0.2, -0.15) is 5.26 Å². The minimum absolute atomic E-state index is 0.0477. The SMILES string of the molecule is Cc1c(OC2CCC(NC(=O)c3ccc(N4CCC(CCCCCC=O)CC4)nn3)CC2)ccc(C#N)c1Cl. The first kappa shape index (κ1) is 28.8. The second-order valence-corrected chi connectivity index (χ2v) is 11.1. The van der Waals surface area contributed by atoms with E-state index in [-0.39, 0.29) is 18.1 Å². The molecule has 8 nitrogen and oxygen atoms in total. The van der Waals surface area contributed by atoms with Gasteiger partial charge in [0.15, 0.2) is 11.5 Å². The number of anilines is 1. The molecule has 1 N–H and O–H groups in total. The van der Waals surface area contributed by atoms with Gasteiger partial charge in [-0.3, -0.25) is 4.79 Å². The molecular formula is C30H38ClN5O3. The predicted molar refractivity (Wildman–Crippen MR) is 151 cm³/mol. The third kappa shape index (κ3) is 7.92. The maximum atomic E-state index is 12.8. The van der Waals surface area contributed by atoms with Crippen LogP contribution < -0.4 is 15.0 Å². The van der Waals surface area contributed by atoms with Gasteiger partial charge in [0.25, 0.3) is 5.91 Å². The third-order valence-corrected chi connectivity index (χ3v) is 8.50. The molecule has 0 spiro atoms. The number of aromatic nitrogens is 2. The van der Waals surface area contributed by atoms with E-state index >= 15 is 0 Å². The molecule has 0 atom stereocenters. The average molecular weight is 552 g/mol. The number of rotatable bonds is 11. The van der Waals surface area contributed by atoms with Crippen LogP contribution in [-0.4, -0.2) is 47.6 Å². The fourth-order valence-electron chi connectivity index (χ4n) is 5.55. The number of piperidine rings is 1. The van der Waals surface area contributed by atoms with Gasteiger partial charge < -0.3 is 19.7 Å². The van der Waals surface area contributed by atoms with Crippen molar-refractivity contribution in [2.45, 2.75) is 89.7 Å². The van der Waals surface area contributed by atoms with E-state index in [0.29, 0.717) is 28.5 Å². The number of unbranched alkanes of at least 4 members (excludes halogenated alkanes) is 3. The Morgan fingerprint density at radius 1 is 1.10 bits per heavy atom. The number of amides is 1. The van der Waals surface area contributed by atoms with Crippen LogP contribution in [0.2, 0.25) is 5.02 Å². The molecule has 4 rings (SSSR count). The first-order chi connectivity index (χ1) is 19.0. The van der Waals surface area contributed by atoms with Crippen molar-refractivity contribution >= 4 is 29.6 Å². The van der Waals surface area contributed by atoms with Crippen molar-refractivity contribution in [2.75, 3.05) is 18.0 Å². The van der Waals surface area contributed by atoms with Gasteiger partial charge in [-0.15, -0.1) is 10.2 Å². The molecule has 0 bridgehead atoms. The number of hydrogen-bond donors (Lipinski definition) is 1. The molecule has 0 radical (unpaired) electrons. The van der Waals surface area contributed by atoms with Crippen LogP contribution in [0, 0.1) is 24.2 Å². The summed E-state index contributed by atoms with van der Waals surface area (Å²) in [5.74, 6) is 2.08. The Labute approximate surface area is 236 Å². The Hall–Kier alpha value is -3.18. The molecule has 2 aromatic rings. The summed E-state index contributed by atoms with van der Waals surface area (Å²) in [6.45, 7) is 3.78. The number of hydrogen-bond acceptors (Lipinski definition) is 7. The van der Waals surface area contributed by atoms with Gasteiger partial charge in [0.1, 0.15) is 18.1 Å². The van der Waals surface area contributed by atoms with Gasteiger partial charge in [-0.25, -0.2) is 0 Å².